The van der Waals surface area contributed by atoms with Crippen molar-refractivity contribution < 1.29 is 26.3 Å². The number of tetrazole rings is 1. The number of aliphatic carboxylic acids is 1. The fourth-order valence-corrected chi connectivity index (χ4v) is 3.10. The lowest BCUT2D eigenvalue weighted by molar-refractivity contribution is -0.134. The number of aromatic amines is 1. The van der Waals surface area contributed by atoms with Gasteiger partial charge in [-0.2, -0.15) is 5.21 Å². The first kappa shape index (κ1) is 30.7. The van der Waals surface area contributed by atoms with Gasteiger partial charge in [-0.15, -0.1) is 10.2 Å². The summed E-state index contributed by atoms with van der Waals surface area (Å²) < 4.78 is 0. The Balaban J connectivity index is 0.00000154. The van der Waals surface area contributed by atoms with Crippen molar-refractivity contribution in [2.24, 2.45) is 0 Å². The highest BCUT2D eigenvalue weighted by Gasteiger charge is 2.10. The summed E-state index contributed by atoms with van der Waals surface area (Å²) in [6.07, 6.45) is 0.895. The van der Waals surface area contributed by atoms with E-state index < -0.39 is 5.97 Å². The summed E-state index contributed by atoms with van der Waals surface area (Å²) in [6, 6.07) is 18.5. The number of hydrogen-bond donors (Lipinski definition) is 3. The fourth-order valence-electron chi connectivity index (χ4n) is 3.10. The van der Waals surface area contributed by atoms with Crippen LogP contribution < -0.4 is 5.32 Å². The van der Waals surface area contributed by atoms with Gasteiger partial charge in [0.15, 0.2) is 0 Å². The highest BCUT2D eigenvalue weighted by molar-refractivity contribution is 5.80. The molecular weight excluding hydrogens is 454 g/mol. The molecule has 0 saturated carbocycles. The minimum absolute atomic E-state index is 0. The first-order valence-electron chi connectivity index (χ1n) is 10.2. The van der Waals surface area contributed by atoms with E-state index in [0.717, 1.165) is 47.4 Å². The number of nitrogens with one attached hydrogen (secondary N) is 2. The average Bonchev–Trinajstić information content (AvgIpc) is 3.32. The molecule has 0 saturated heterocycles. The minimum atomic E-state index is -0.833. The van der Waals surface area contributed by atoms with Crippen LogP contribution in [0.1, 0.15) is 30.9 Å². The van der Waals surface area contributed by atoms with Crippen molar-refractivity contribution in [3.8, 4) is 22.5 Å². The van der Waals surface area contributed by atoms with Crippen LogP contribution in [-0.4, -0.2) is 58.1 Å². The van der Waals surface area contributed by atoms with E-state index in [1.54, 1.807) is 0 Å². The fraction of sp³-hybridized carbons (Fsp3) is 0.217. The maximum atomic E-state index is 9.00. The maximum absolute atomic E-state index is 9.00. The van der Waals surface area contributed by atoms with Crippen molar-refractivity contribution in [1.29, 1.82) is 0 Å². The number of nitrogens with zero attached hydrogens (tertiary/aromatic N) is 5. The van der Waals surface area contributed by atoms with E-state index in [1.807, 2.05) is 31.2 Å². The van der Waals surface area contributed by atoms with Gasteiger partial charge in [0, 0.05) is 30.8 Å². The van der Waals surface area contributed by atoms with Crippen LogP contribution in [0.3, 0.4) is 0 Å². The third-order valence-electron chi connectivity index (χ3n) is 4.51. The number of anilines is 1. The highest BCUT2D eigenvalue weighted by Crippen LogP contribution is 2.29. The van der Waals surface area contributed by atoms with E-state index in [-0.39, 0.29) is 16.4 Å². The van der Waals surface area contributed by atoms with Gasteiger partial charge in [0.2, 0.25) is 5.82 Å². The first-order chi connectivity index (χ1) is 15.5. The number of aromatic nitrogens is 6. The molecule has 4 aromatic rings. The lowest BCUT2D eigenvalue weighted by atomic mass is 9.98. The van der Waals surface area contributed by atoms with Crippen LogP contribution in [0.5, 0.6) is 0 Å². The molecule has 0 bridgehead atoms. The van der Waals surface area contributed by atoms with E-state index in [9.17, 15) is 0 Å². The van der Waals surface area contributed by atoms with Gasteiger partial charge in [-0.25, -0.2) is 9.97 Å². The maximum Gasteiger partial charge on any atom is 0.300 e. The smallest absolute Gasteiger partial charge is 0.300 e. The van der Waals surface area contributed by atoms with Crippen LogP contribution in [0, 0.1) is 6.92 Å². The Morgan fingerprint density at radius 1 is 1.00 bits per heavy atom. The SMILES string of the molecule is CC(=O)O.CCc1cc(NCc2ccc(-c3ccccc3-c3nn[nH]n3)cc2)nc(C)n1.O.O.O. The van der Waals surface area contributed by atoms with Crippen molar-refractivity contribution >= 4 is 11.8 Å². The molecule has 0 atom stereocenters. The second-order valence-electron chi connectivity index (χ2n) is 7.00. The molecule has 0 fully saturated rings. The Kier molecular flexibility index (Phi) is 13.0. The Morgan fingerprint density at radius 2 is 1.63 bits per heavy atom. The summed E-state index contributed by atoms with van der Waals surface area (Å²) in [5.41, 5.74) is 5.35. The molecular formula is C23H31N7O5. The van der Waals surface area contributed by atoms with Crippen LogP contribution in [0.2, 0.25) is 0 Å². The number of carboxylic acid groups (broad SMARTS) is 1. The lowest BCUT2D eigenvalue weighted by Crippen LogP contribution is -2.04. The third-order valence-corrected chi connectivity index (χ3v) is 4.51. The largest absolute Gasteiger partial charge is 0.481 e. The van der Waals surface area contributed by atoms with Gasteiger partial charge >= 0.3 is 0 Å². The number of carboxylic acids is 1. The number of H-pyrrole nitrogens is 1. The van der Waals surface area contributed by atoms with Crippen molar-refractivity contribution in [2.45, 2.75) is 33.7 Å². The zero-order valence-electron chi connectivity index (χ0n) is 19.7. The van der Waals surface area contributed by atoms with Gasteiger partial charge in [-0.05, 0) is 35.2 Å². The number of carbonyl (C=O) groups is 1. The molecule has 35 heavy (non-hydrogen) atoms. The van der Waals surface area contributed by atoms with E-state index in [4.69, 9.17) is 9.90 Å². The van der Waals surface area contributed by atoms with Crippen molar-refractivity contribution in [1.82, 2.24) is 30.6 Å². The minimum Gasteiger partial charge on any atom is -0.481 e. The summed E-state index contributed by atoms with van der Waals surface area (Å²) >= 11 is 0. The molecule has 2 heterocycles. The van der Waals surface area contributed by atoms with Crippen molar-refractivity contribution in [3.63, 3.8) is 0 Å². The Morgan fingerprint density at radius 3 is 2.20 bits per heavy atom. The lowest BCUT2D eigenvalue weighted by Gasteiger charge is -2.10. The number of hydrogen-bond acceptors (Lipinski definition) is 7. The Bertz CT molecular complexity index is 1170. The average molecular weight is 486 g/mol. The summed E-state index contributed by atoms with van der Waals surface area (Å²) in [5, 5.41) is 25.2. The molecule has 0 unspecified atom stereocenters. The molecule has 12 nitrogen and oxygen atoms in total. The number of aryl methyl sites for hydroxylation is 2. The summed E-state index contributed by atoms with van der Waals surface area (Å²) in [5.74, 6) is 1.40. The predicted octanol–water partition coefficient (Wildman–Crippen LogP) is 1.42. The van der Waals surface area contributed by atoms with E-state index in [1.165, 1.54) is 5.56 Å². The van der Waals surface area contributed by atoms with Gasteiger partial charge in [-0.3, -0.25) is 4.79 Å². The third kappa shape index (κ3) is 8.89. The van der Waals surface area contributed by atoms with Crippen LogP contribution in [0.4, 0.5) is 5.82 Å². The number of benzene rings is 2. The molecule has 2 aromatic carbocycles. The molecule has 12 heteroatoms. The van der Waals surface area contributed by atoms with Crippen molar-refractivity contribution in [3.05, 3.63) is 71.7 Å². The van der Waals surface area contributed by atoms with Gasteiger partial charge in [0.05, 0.1) is 0 Å². The monoisotopic (exact) mass is 485 g/mol. The van der Waals surface area contributed by atoms with E-state index >= 15 is 0 Å². The molecule has 4 rings (SSSR count). The second-order valence-corrected chi connectivity index (χ2v) is 7.00. The molecule has 0 aliphatic heterocycles. The van der Waals surface area contributed by atoms with Crippen LogP contribution >= 0.6 is 0 Å². The highest BCUT2D eigenvalue weighted by atomic mass is 16.4. The molecule has 0 aliphatic rings. The molecule has 0 aliphatic carbocycles. The Hall–Kier alpha value is -4.26. The summed E-state index contributed by atoms with van der Waals surface area (Å²) in [6.45, 7) is 5.80. The standard InChI is InChI=1S/C21H21N7.C2H4O2.3H2O/c1-3-17-12-20(24-14(2)23-17)22-13-15-8-10-16(11-9-15)18-6-4-5-7-19(18)21-25-27-28-26-21;1-2(3)4;;;/h4-12H,3,13H2,1-2H3,(H,22,23,24)(H,25,26,27,28);1H3,(H,3,4);3*1H2. The van der Waals surface area contributed by atoms with Crippen molar-refractivity contribution in [2.75, 3.05) is 5.32 Å². The van der Waals surface area contributed by atoms with Gasteiger partial charge in [0.25, 0.3) is 5.97 Å². The topological polar surface area (TPSA) is 224 Å². The Labute approximate surface area is 202 Å². The van der Waals surface area contributed by atoms with Gasteiger partial charge in [0.1, 0.15) is 11.6 Å². The van der Waals surface area contributed by atoms with Crippen LogP contribution in [0.25, 0.3) is 22.5 Å². The zero-order valence-corrected chi connectivity index (χ0v) is 19.7. The van der Waals surface area contributed by atoms with E-state index in [0.29, 0.717) is 12.4 Å². The second kappa shape index (κ2) is 14.8. The quantitative estimate of drug-likeness (QED) is 0.361. The molecule has 0 spiro atoms. The summed E-state index contributed by atoms with van der Waals surface area (Å²) in [7, 11) is 0. The van der Waals surface area contributed by atoms with Gasteiger partial charge < -0.3 is 26.9 Å². The van der Waals surface area contributed by atoms with E-state index in [2.05, 4.69) is 73.2 Å². The normalized spacial score (nSPS) is 9.34. The molecule has 9 N–H and O–H groups in total. The molecule has 2 aromatic heterocycles. The molecule has 0 amide bonds. The predicted molar refractivity (Wildman–Crippen MR) is 133 cm³/mol. The summed E-state index contributed by atoms with van der Waals surface area (Å²) in [4.78, 5) is 17.9. The van der Waals surface area contributed by atoms with Crippen LogP contribution in [-0.2, 0) is 17.8 Å². The van der Waals surface area contributed by atoms with Gasteiger partial charge in [-0.1, -0.05) is 55.5 Å². The molecule has 0 radical (unpaired) electrons. The number of rotatable bonds is 6. The zero-order chi connectivity index (χ0) is 22.9. The molecule has 188 valence electrons. The first-order valence-corrected chi connectivity index (χ1v) is 10.2. The van der Waals surface area contributed by atoms with Crippen LogP contribution in [0.15, 0.2) is 54.6 Å².